The molecule has 34 heavy (non-hydrogen) atoms. The van der Waals surface area contributed by atoms with Crippen LogP contribution in [-0.2, 0) is 26.2 Å². The Hall–Kier alpha value is -2.29. The first-order valence-electron chi connectivity index (χ1n) is 10.8. The second-order valence-corrected chi connectivity index (χ2v) is 11.5. The van der Waals surface area contributed by atoms with Crippen LogP contribution in [-0.4, -0.2) is 50.5 Å². The van der Waals surface area contributed by atoms with Gasteiger partial charge in [-0.3, -0.25) is 13.9 Å². The second kappa shape index (κ2) is 11.9. The van der Waals surface area contributed by atoms with Gasteiger partial charge >= 0.3 is 0 Å². The van der Waals surface area contributed by atoms with Crippen molar-refractivity contribution in [3.05, 3.63) is 63.6 Å². The topological polar surface area (TPSA) is 86.8 Å². The predicted octanol–water partition coefficient (Wildman–Crippen LogP) is 4.26. The van der Waals surface area contributed by atoms with Gasteiger partial charge in [0.1, 0.15) is 12.6 Å². The maximum atomic E-state index is 13.5. The van der Waals surface area contributed by atoms with Crippen LogP contribution >= 0.6 is 23.2 Å². The fraction of sp³-hybridized carbons (Fsp3) is 0.417. The van der Waals surface area contributed by atoms with Crippen molar-refractivity contribution in [3.63, 3.8) is 0 Å². The lowest BCUT2D eigenvalue weighted by Gasteiger charge is -2.31. The number of hydrogen-bond donors (Lipinski definition) is 1. The predicted molar refractivity (Wildman–Crippen MR) is 138 cm³/mol. The van der Waals surface area contributed by atoms with Gasteiger partial charge in [-0.1, -0.05) is 66.9 Å². The fourth-order valence-corrected chi connectivity index (χ4v) is 4.57. The average molecular weight is 529 g/mol. The highest BCUT2D eigenvalue weighted by molar-refractivity contribution is 7.92. The third-order valence-corrected chi connectivity index (χ3v) is 6.72. The van der Waals surface area contributed by atoms with Crippen molar-refractivity contribution < 1.29 is 18.0 Å². The van der Waals surface area contributed by atoms with E-state index in [0.29, 0.717) is 6.54 Å². The highest BCUT2D eigenvalue weighted by atomic mass is 35.5. The minimum absolute atomic E-state index is 0.142. The minimum Gasteiger partial charge on any atom is -0.354 e. The number of carbonyl (C=O) groups excluding carboxylic acids is 2. The molecule has 1 N–H and O–H groups in total. The van der Waals surface area contributed by atoms with Crippen LogP contribution in [0.25, 0.3) is 0 Å². The van der Waals surface area contributed by atoms with E-state index in [9.17, 15) is 18.0 Å². The normalized spacial score (nSPS) is 12.4. The number of benzene rings is 2. The molecule has 0 saturated heterocycles. The molecule has 0 aromatic heterocycles. The number of nitrogens with zero attached hydrogens (tertiary/aromatic N) is 2. The minimum atomic E-state index is -3.86. The molecule has 1 atom stereocenters. The Morgan fingerprint density at radius 2 is 1.56 bits per heavy atom. The van der Waals surface area contributed by atoms with E-state index < -0.39 is 28.5 Å². The van der Waals surface area contributed by atoms with Gasteiger partial charge in [0.2, 0.25) is 21.8 Å². The first-order chi connectivity index (χ1) is 15.8. The Labute approximate surface area is 212 Å². The van der Waals surface area contributed by atoms with E-state index in [-0.39, 0.29) is 34.1 Å². The standard InChI is InChI=1S/C24H31Cl2N3O4S/c1-16(2)13-27-24(31)18(4)28(14-19-8-6-17(3)7-9-19)23(30)15-29(34(5,32)33)22-11-20(25)10-21(26)12-22/h6-12,16,18H,13-15H2,1-5H3,(H,27,31)/t18-/m1/s1. The summed E-state index contributed by atoms with van der Waals surface area (Å²) < 4.78 is 26.1. The quantitative estimate of drug-likeness (QED) is 0.500. The lowest BCUT2D eigenvalue weighted by atomic mass is 10.1. The monoisotopic (exact) mass is 527 g/mol. The molecule has 0 heterocycles. The van der Waals surface area contributed by atoms with Gasteiger partial charge in [-0.15, -0.1) is 0 Å². The molecule has 2 amide bonds. The Bertz CT molecular complexity index is 1100. The molecule has 7 nitrogen and oxygen atoms in total. The molecule has 0 spiro atoms. The zero-order chi connectivity index (χ0) is 25.6. The van der Waals surface area contributed by atoms with Crippen molar-refractivity contribution in [2.45, 2.75) is 40.3 Å². The fourth-order valence-electron chi connectivity index (χ4n) is 3.22. The summed E-state index contributed by atoms with van der Waals surface area (Å²) in [5.74, 6) is -0.606. The number of rotatable bonds is 10. The Balaban J connectivity index is 2.39. The SMILES string of the molecule is Cc1ccc(CN(C(=O)CN(c2cc(Cl)cc(Cl)c2)S(C)(=O)=O)[C@H](C)C(=O)NCC(C)C)cc1. The van der Waals surface area contributed by atoms with Crippen LogP contribution < -0.4 is 9.62 Å². The molecule has 10 heteroatoms. The summed E-state index contributed by atoms with van der Waals surface area (Å²) in [5, 5.41) is 3.32. The van der Waals surface area contributed by atoms with Gasteiger partial charge < -0.3 is 10.2 Å². The van der Waals surface area contributed by atoms with Gasteiger partial charge in [0, 0.05) is 23.1 Å². The number of sulfonamides is 1. The van der Waals surface area contributed by atoms with Crippen LogP contribution in [0.2, 0.25) is 10.0 Å². The van der Waals surface area contributed by atoms with Gasteiger partial charge in [0.05, 0.1) is 11.9 Å². The zero-order valence-electron chi connectivity index (χ0n) is 20.0. The second-order valence-electron chi connectivity index (χ2n) is 8.72. The van der Waals surface area contributed by atoms with E-state index in [2.05, 4.69) is 5.32 Å². The van der Waals surface area contributed by atoms with Crippen molar-refractivity contribution in [3.8, 4) is 0 Å². The zero-order valence-corrected chi connectivity index (χ0v) is 22.3. The molecule has 0 bridgehead atoms. The molecule has 0 saturated carbocycles. The number of nitrogens with one attached hydrogen (secondary N) is 1. The van der Waals surface area contributed by atoms with E-state index in [0.717, 1.165) is 21.7 Å². The van der Waals surface area contributed by atoms with Crippen LogP contribution in [0.15, 0.2) is 42.5 Å². The van der Waals surface area contributed by atoms with Crippen LogP contribution in [0.3, 0.4) is 0 Å². The largest absolute Gasteiger partial charge is 0.354 e. The Morgan fingerprint density at radius 1 is 1.00 bits per heavy atom. The maximum absolute atomic E-state index is 13.5. The van der Waals surface area contributed by atoms with Crippen LogP contribution in [0.5, 0.6) is 0 Å². The number of amides is 2. The smallest absolute Gasteiger partial charge is 0.244 e. The molecule has 0 aliphatic rings. The molecule has 0 radical (unpaired) electrons. The molecule has 2 aromatic carbocycles. The van der Waals surface area contributed by atoms with E-state index in [1.54, 1.807) is 6.92 Å². The van der Waals surface area contributed by atoms with Gasteiger partial charge in [-0.2, -0.15) is 0 Å². The van der Waals surface area contributed by atoms with E-state index in [1.807, 2.05) is 45.0 Å². The highest BCUT2D eigenvalue weighted by Crippen LogP contribution is 2.27. The summed E-state index contributed by atoms with van der Waals surface area (Å²) in [6, 6.07) is 11.1. The van der Waals surface area contributed by atoms with E-state index in [4.69, 9.17) is 23.2 Å². The molecule has 0 unspecified atom stereocenters. The molecule has 0 fully saturated rings. The highest BCUT2D eigenvalue weighted by Gasteiger charge is 2.30. The van der Waals surface area contributed by atoms with Gasteiger partial charge in [0.25, 0.3) is 0 Å². The maximum Gasteiger partial charge on any atom is 0.244 e. The first-order valence-corrected chi connectivity index (χ1v) is 13.4. The van der Waals surface area contributed by atoms with E-state index in [1.165, 1.54) is 23.1 Å². The first kappa shape index (κ1) is 28.0. The molecule has 2 aromatic rings. The number of halogens is 2. The van der Waals surface area contributed by atoms with Gasteiger partial charge in [-0.25, -0.2) is 8.42 Å². The molecule has 186 valence electrons. The van der Waals surface area contributed by atoms with Crippen molar-refractivity contribution in [2.24, 2.45) is 5.92 Å². The molecule has 2 rings (SSSR count). The number of hydrogen-bond acceptors (Lipinski definition) is 4. The van der Waals surface area contributed by atoms with Crippen LogP contribution in [0.4, 0.5) is 5.69 Å². The molecular weight excluding hydrogens is 497 g/mol. The Kier molecular flexibility index (Phi) is 9.79. The summed E-state index contributed by atoms with van der Waals surface area (Å²) in [7, 11) is -3.86. The third kappa shape index (κ3) is 8.18. The summed E-state index contributed by atoms with van der Waals surface area (Å²) in [6.07, 6.45) is 0.998. The number of aryl methyl sites for hydroxylation is 1. The number of carbonyl (C=O) groups is 2. The van der Waals surface area contributed by atoms with Crippen molar-refractivity contribution in [2.75, 3.05) is 23.7 Å². The van der Waals surface area contributed by atoms with Gasteiger partial charge in [0.15, 0.2) is 0 Å². The molecule has 0 aliphatic heterocycles. The van der Waals surface area contributed by atoms with Crippen LogP contribution in [0.1, 0.15) is 31.9 Å². The summed E-state index contributed by atoms with van der Waals surface area (Å²) in [5.41, 5.74) is 2.05. The lowest BCUT2D eigenvalue weighted by Crippen LogP contribution is -2.51. The lowest BCUT2D eigenvalue weighted by molar-refractivity contribution is -0.139. The number of anilines is 1. The van der Waals surface area contributed by atoms with E-state index >= 15 is 0 Å². The third-order valence-electron chi connectivity index (χ3n) is 5.14. The summed E-state index contributed by atoms with van der Waals surface area (Å²) in [4.78, 5) is 27.7. The van der Waals surface area contributed by atoms with Crippen molar-refractivity contribution in [1.82, 2.24) is 10.2 Å². The average Bonchev–Trinajstić information content (AvgIpc) is 2.73. The Morgan fingerprint density at radius 3 is 2.06 bits per heavy atom. The van der Waals surface area contributed by atoms with Crippen LogP contribution in [0, 0.1) is 12.8 Å². The van der Waals surface area contributed by atoms with Crippen molar-refractivity contribution >= 4 is 50.7 Å². The molecular formula is C24H31Cl2N3O4S. The van der Waals surface area contributed by atoms with Gasteiger partial charge in [-0.05, 0) is 43.5 Å². The summed E-state index contributed by atoms with van der Waals surface area (Å²) >= 11 is 12.1. The molecule has 0 aliphatic carbocycles. The summed E-state index contributed by atoms with van der Waals surface area (Å²) in [6.45, 7) is 7.62. The van der Waals surface area contributed by atoms with Crippen molar-refractivity contribution in [1.29, 1.82) is 0 Å².